The fourth-order valence-corrected chi connectivity index (χ4v) is 9.53. The maximum atomic E-state index is 14.0. The molecular formula is C42H44F3N9O5S. The van der Waals surface area contributed by atoms with Crippen LogP contribution in [-0.4, -0.2) is 100.0 Å². The van der Waals surface area contributed by atoms with Crippen LogP contribution in [-0.2, 0) is 31.8 Å². The van der Waals surface area contributed by atoms with Gasteiger partial charge in [0, 0.05) is 55.2 Å². The molecule has 314 valence electrons. The van der Waals surface area contributed by atoms with E-state index in [0.717, 1.165) is 55.1 Å². The summed E-state index contributed by atoms with van der Waals surface area (Å²) >= 11 is 5.80. The Hall–Kier alpha value is -5.64. The van der Waals surface area contributed by atoms with Crippen LogP contribution in [0.25, 0.3) is 0 Å². The summed E-state index contributed by atoms with van der Waals surface area (Å²) < 4.78 is 47.8. The van der Waals surface area contributed by atoms with Crippen molar-refractivity contribution in [2.75, 3.05) is 53.2 Å². The second-order valence-electron chi connectivity index (χ2n) is 15.9. The summed E-state index contributed by atoms with van der Waals surface area (Å²) in [5.74, 6) is -0.488. The molecule has 1 unspecified atom stereocenters. The molecule has 1 saturated carbocycles. The summed E-state index contributed by atoms with van der Waals surface area (Å²) in [7, 11) is 0. The van der Waals surface area contributed by atoms with Crippen LogP contribution in [0.5, 0.6) is 5.75 Å². The summed E-state index contributed by atoms with van der Waals surface area (Å²) in [5.41, 5.74) is -0.343. The third-order valence-corrected chi connectivity index (χ3v) is 12.6. The van der Waals surface area contributed by atoms with Crippen LogP contribution in [0.15, 0.2) is 54.7 Å². The Morgan fingerprint density at radius 1 is 1.03 bits per heavy atom. The van der Waals surface area contributed by atoms with Gasteiger partial charge < -0.3 is 20.3 Å². The van der Waals surface area contributed by atoms with Crippen molar-refractivity contribution in [3.8, 4) is 11.8 Å². The van der Waals surface area contributed by atoms with Crippen LogP contribution >= 0.6 is 12.2 Å². The van der Waals surface area contributed by atoms with Gasteiger partial charge >= 0.3 is 6.18 Å². The van der Waals surface area contributed by atoms with Gasteiger partial charge in [0.15, 0.2) is 10.8 Å². The van der Waals surface area contributed by atoms with E-state index >= 15 is 0 Å². The zero-order valence-corrected chi connectivity index (χ0v) is 33.7. The minimum absolute atomic E-state index is 0.0512. The highest BCUT2D eigenvalue weighted by atomic mass is 32.1. The van der Waals surface area contributed by atoms with Gasteiger partial charge in [-0.1, -0.05) is 13.0 Å². The number of carbonyl (C=O) groups is 4. The molecule has 6 aliphatic rings. The molecule has 5 saturated heterocycles. The molecule has 0 radical (unpaired) electrons. The van der Waals surface area contributed by atoms with E-state index in [1.54, 1.807) is 23.1 Å². The lowest BCUT2D eigenvalue weighted by Crippen LogP contribution is -2.63. The standard InChI is InChI=1S/C42H44F3N9O5S/c1-2-25-17-28(54-40(60)53(39(58)41(54)13-4-14-41)31-19-32(42(43,44)45)34(20-46)47-21-31)9-11-35(25)59-16-15-51-22-30-8-7-29(51)23-52(30)24-37(56)49-27-6-3-5-26(18-27)48-33-10-12-36(55)50-38(33)57/h3,5-6,9,11,17-19,21,29-30,33,48H,2,4,7-8,10,12-16,22-24H2,1H3,(H,49,56)(H,50,55,57)/t29-,30-,33?/m1/s1. The summed E-state index contributed by atoms with van der Waals surface area (Å²) in [6, 6.07) is 15.0. The molecule has 5 aliphatic heterocycles. The lowest BCUT2D eigenvalue weighted by atomic mass is 9.75. The highest BCUT2D eigenvalue weighted by Crippen LogP contribution is 2.49. The number of nitrogens with zero attached hydrogens (tertiary/aromatic N) is 6. The number of piperazine rings is 1. The van der Waals surface area contributed by atoms with E-state index in [9.17, 15) is 37.6 Å². The molecule has 9 rings (SSSR count). The smallest absolute Gasteiger partial charge is 0.419 e. The summed E-state index contributed by atoms with van der Waals surface area (Å²) in [6.45, 7) is 4.95. The Labute approximate surface area is 350 Å². The van der Waals surface area contributed by atoms with Crippen molar-refractivity contribution < 1.29 is 37.1 Å². The first-order valence-corrected chi connectivity index (χ1v) is 20.6. The molecule has 3 aromatic rings. The molecule has 1 aromatic heterocycles. The van der Waals surface area contributed by atoms with Crippen LogP contribution < -0.4 is 30.5 Å². The number of hydrogen-bond acceptors (Lipinski definition) is 11. The second kappa shape index (κ2) is 16.4. The Balaban J connectivity index is 0.864. The van der Waals surface area contributed by atoms with Crippen LogP contribution in [0.1, 0.15) is 68.7 Å². The topological polar surface area (TPSA) is 163 Å². The van der Waals surface area contributed by atoms with E-state index in [-0.39, 0.29) is 53.6 Å². The van der Waals surface area contributed by atoms with Gasteiger partial charge in [-0.2, -0.15) is 18.4 Å². The van der Waals surface area contributed by atoms with Crippen LogP contribution in [0.4, 0.5) is 35.9 Å². The normalized spacial score (nSPS) is 22.8. The van der Waals surface area contributed by atoms with Crippen LogP contribution in [0.2, 0.25) is 0 Å². The summed E-state index contributed by atoms with van der Waals surface area (Å²) in [4.78, 5) is 62.0. The molecule has 2 bridgehead atoms. The van der Waals surface area contributed by atoms with Gasteiger partial charge in [0.1, 0.15) is 30.0 Å². The average molecular weight is 844 g/mol. The van der Waals surface area contributed by atoms with E-state index in [4.69, 9.17) is 17.0 Å². The van der Waals surface area contributed by atoms with Gasteiger partial charge in [0.2, 0.25) is 17.7 Å². The number of thiocarbonyl (C=S) groups is 1. The average Bonchev–Trinajstić information content (AvgIpc) is 3.45. The lowest BCUT2D eigenvalue weighted by molar-refractivity contribution is -0.138. The predicted octanol–water partition coefficient (Wildman–Crippen LogP) is 4.98. The number of aryl methyl sites for hydroxylation is 1. The molecule has 6 fully saturated rings. The van der Waals surface area contributed by atoms with Gasteiger partial charge in [-0.3, -0.25) is 39.2 Å². The molecule has 6 heterocycles. The van der Waals surface area contributed by atoms with Crippen molar-refractivity contribution in [1.29, 1.82) is 5.26 Å². The maximum absolute atomic E-state index is 14.0. The third-order valence-electron chi connectivity index (χ3n) is 12.3. The largest absolute Gasteiger partial charge is 0.492 e. The van der Waals surface area contributed by atoms with E-state index < -0.39 is 34.9 Å². The van der Waals surface area contributed by atoms with Crippen molar-refractivity contribution in [2.45, 2.75) is 88.1 Å². The molecular weight excluding hydrogens is 800 g/mol. The van der Waals surface area contributed by atoms with Gasteiger partial charge in [0.05, 0.1) is 24.0 Å². The third kappa shape index (κ3) is 7.88. The molecule has 2 aromatic carbocycles. The Bertz CT molecular complexity index is 2280. The summed E-state index contributed by atoms with van der Waals surface area (Å²) in [6.07, 6.45) is 1.27. The molecule has 3 N–H and O–H groups in total. The number of anilines is 4. The number of rotatable bonds is 12. The first-order valence-electron chi connectivity index (χ1n) is 20.2. The Morgan fingerprint density at radius 3 is 2.45 bits per heavy atom. The number of alkyl halides is 3. The zero-order valence-electron chi connectivity index (χ0n) is 32.9. The fourth-order valence-electron chi connectivity index (χ4n) is 9.06. The van der Waals surface area contributed by atoms with Crippen molar-refractivity contribution in [3.63, 3.8) is 0 Å². The lowest BCUT2D eigenvalue weighted by Gasteiger charge is -2.51. The number of nitriles is 1. The number of piperidine rings is 3. The Morgan fingerprint density at radius 2 is 1.78 bits per heavy atom. The number of hydrogen-bond donors (Lipinski definition) is 3. The van der Waals surface area contributed by atoms with E-state index in [1.165, 1.54) is 6.07 Å². The SMILES string of the molecule is CCc1cc(N2C(=S)N(c3cnc(C#N)c(C(F)(F)F)c3)C(=O)C23CCC3)ccc1OCCN1C[C@H]2CC[C@@H]1CN2CC(=O)Nc1cccc(NC2CCC(=O)NC2=O)c1. The van der Waals surface area contributed by atoms with Gasteiger partial charge in [0.25, 0.3) is 5.91 Å². The monoisotopic (exact) mass is 843 g/mol. The first-order chi connectivity index (χ1) is 28.8. The van der Waals surface area contributed by atoms with Gasteiger partial charge in [-0.05, 0) is 105 Å². The number of pyridine rings is 1. The van der Waals surface area contributed by atoms with Crippen molar-refractivity contribution in [3.05, 3.63) is 71.5 Å². The number of aromatic nitrogens is 1. The van der Waals surface area contributed by atoms with Crippen LogP contribution in [0.3, 0.4) is 0 Å². The number of imide groups is 1. The number of amides is 4. The fraction of sp³-hybridized carbons (Fsp3) is 0.452. The van der Waals surface area contributed by atoms with Crippen molar-refractivity contribution >= 4 is 63.7 Å². The highest BCUT2D eigenvalue weighted by Gasteiger charge is 2.60. The number of halogens is 3. The number of ether oxygens (including phenoxy) is 1. The zero-order chi connectivity index (χ0) is 42.3. The molecule has 4 amide bonds. The quantitative estimate of drug-likeness (QED) is 0.166. The Kier molecular flexibility index (Phi) is 11.3. The van der Waals surface area contributed by atoms with Gasteiger partial charge in [-0.15, -0.1) is 0 Å². The highest BCUT2D eigenvalue weighted by molar-refractivity contribution is 7.81. The van der Waals surface area contributed by atoms with E-state index in [0.29, 0.717) is 61.6 Å². The van der Waals surface area contributed by atoms with Crippen LogP contribution in [0, 0.1) is 11.3 Å². The number of fused-ring (bicyclic) bond motifs is 3. The van der Waals surface area contributed by atoms with Crippen molar-refractivity contribution in [2.24, 2.45) is 0 Å². The second-order valence-corrected chi connectivity index (χ2v) is 16.3. The number of nitrogens with one attached hydrogen (secondary N) is 3. The maximum Gasteiger partial charge on any atom is 0.419 e. The number of carbonyl (C=O) groups excluding carboxylic acids is 4. The molecule has 3 atom stereocenters. The number of benzene rings is 2. The van der Waals surface area contributed by atoms with Gasteiger partial charge in [-0.25, -0.2) is 4.98 Å². The minimum Gasteiger partial charge on any atom is -0.492 e. The summed E-state index contributed by atoms with van der Waals surface area (Å²) in [5, 5.41) is 17.8. The minimum atomic E-state index is -4.85. The van der Waals surface area contributed by atoms with Crippen molar-refractivity contribution in [1.82, 2.24) is 20.1 Å². The molecule has 1 spiro atoms. The molecule has 18 heteroatoms. The first kappa shape index (κ1) is 41.1. The molecule has 14 nitrogen and oxygen atoms in total. The van der Waals surface area contributed by atoms with E-state index in [2.05, 4.69) is 30.7 Å². The molecule has 60 heavy (non-hydrogen) atoms. The molecule has 1 aliphatic carbocycles. The predicted molar refractivity (Wildman–Crippen MR) is 219 cm³/mol. The van der Waals surface area contributed by atoms with E-state index in [1.807, 2.05) is 31.2 Å².